The first-order valence-electron chi connectivity index (χ1n) is 8.25. The fourth-order valence-electron chi connectivity index (χ4n) is 2.10. The van der Waals surface area contributed by atoms with Gasteiger partial charge in [-0.25, -0.2) is 9.59 Å². The Morgan fingerprint density at radius 3 is 2.21 bits per heavy atom. The van der Waals surface area contributed by atoms with Crippen LogP contribution >= 0.6 is 0 Å². The summed E-state index contributed by atoms with van der Waals surface area (Å²) in [6.45, 7) is 1.87. The van der Waals surface area contributed by atoms with Crippen LogP contribution in [0.5, 0.6) is 11.5 Å². The van der Waals surface area contributed by atoms with Gasteiger partial charge in [0, 0.05) is 0 Å². The zero-order chi connectivity index (χ0) is 22.0. The third kappa shape index (κ3) is 7.00. The van der Waals surface area contributed by atoms with Crippen LogP contribution in [0.3, 0.4) is 0 Å². The average Bonchev–Trinajstić information content (AvgIpc) is 2.65. The molecule has 0 fully saturated rings. The van der Waals surface area contributed by atoms with Crippen molar-refractivity contribution in [1.29, 1.82) is 0 Å². The van der Waals surface area contributed by atoms with E-state index in [1.807, 2.05) is 0 Å². The van der Waals surface area contributed by atoms with Gasteiger partial charge in [0.15, 0.2) is 25.6 Å². The van der Waals surface area contributed by atoms with Gasteiger partial charge in [0.1, 0.15) is 0 Å². The number of aliphatic carboxylic acids is 2. The number of nitro groups is 1. The number of nitro benzene ring substituents is 1. The lowest BCUT2D eigenvalue weighted by molar-refractivity contribution is -0.710. The first kappa shape index (κ1) is 23.2. The molecule has 160 valence electrons. The minimum absolute atomic E-state index is 0.102. The van der Waals surface area contributed by atoms with Crippen molar-refractivity contribution in [2.24, 2.45) is 5.28 Å². The summed E-state index contributed by atoms with van der Waals surface area (Å²) < 4.78 is 9.87. The smallest absolute Gasteiger partial charge is 0.341 e. The molecule has 1 aromatic carbocycles. The molecule has 1 aromatic rings. The molecule has 0 aliphatic heterocycles. The largest absolute Gasteiger partial charge is 0.569 e. The summed E-state index contributed by atoms with van der Waals surface area (Å²) >= 11 is 0. The molecule has 29 heavy (non-hydrogen) atoms. The first-order valence-corrected chi connectivity index (χ1v) is 8.25. The number of hydrogen-bond donors (Lipinski definition) is 2. The van der Waals surface area contributed by atoms with Crippen LogP contribution < -0.4 is 9.47 Å². The van der Waals surface area contributed by atoms with Crippen LogP contribution in [0.25, 0.3) is 0 Å². The molecule has 0 heterocycles. The van der Waals surface area contributed by atoms with E-state index < -0.39 is 48.1 Å². The number of carboxylic acids is 2. The molecule has 2 N–H and O–H groups in total. The van der Waals surface area contributed by atoms with Gasteiger partial charge in [-0.15, -0.1) is 5.01 Å². The first-order chi connectivity index (χ1) is 13.7. The molecular formula is C15H20N4O10. The van der Waals surface area contributed by atoms with Gasteiger partial charge in [-0.1, -0.05) is 0 Å². The minimum atomic E-state index is -1.42. The topological polar surface area (TPSA) is 187 Å². The maximum absolute atomic E-state index is 11.7. The molecule has 0 bridgehead atoms. The summed E-state index contributed by atoms with van der Waals surface area (Å²) in [6.07, 6.45) is 0. The standard InChI is InChI=1S/C15H20N4O10/c1-3-17(4-2)19(26)16-29-7-10-5-6-11(27-8-12(20)21)15(14(10)18(24)25)28-9-13(22)23/h5-6H,3-4,7-9H2,1-2H3,(H,20,21)(H,22,23). The van der Waals surface area contributed by atoms with E-state index in [4.69, 9.17) is 24.5 Å². The number of carbonyl (C=O) groups is 2. The Labute approximate surface area is 164 Å². The molecule has 0 aliphatic carbocycles. The second-order valence-corrected chi connectivity index (χ2v) is 5.27. The van der Waals surface area contributed by atoms with E-state index in [1.165, 1.54) is 11.1 Å². The number of hydrogen-bond acceptors (Lipinski definition) is 9. The molecule has 0 amide bonds. The van der Waals surface area contributed by atoms with Crippen molar-refractivity contribution in [2.45, 2.75) is 20.5 Å². The molecule has 0 unspecified atom stereocenters. The zero-order valence-electron chi connectivity index (χ0n) is 15.6. The molecule has 0 saturated heterocycles. The van der Waals surface area contributed by atoms with Crippen molar-refractivity contribution in [2.75, 3.05) is 26.3 Å². The van der Waals surface area contributed by atoms with Gasteiger partial charge in [-0.05, 0) is 26.0 Å². The lowest BCUT2D eigenvalue weighted by Gasteiger charge is -2.14. The Morgan fingerprint density at radius 2 is 1.69 bits per heavy atom. The summed E-state index contributed by atoms with van der Waals surface area (Å²) in [4.78, 5) is 37.1. The van der Waals surface area contributed by atoms with E-state index in [-0.39, 0.29) is 16.3 Å². The highest BCUT2D eigenvalue weighted by Gasteiger charge is 2.27. The van der Waals surface area contributed by atoms with Crippen LogP contribution in [-0.4, -0.2) is 63.4 Å². The lowest BCUT2D eigenvalue weighted by Crippen LogP contribution is -2.30. The van der Waals surface area contributed by atoms with Gasteiger partial charge in [0.2, 0.25) is 11.0 Å². The normalized spacial score (nSPS) is 10.9. The highest BCUT2D eigenvalue weighted by molar-refractivity contribution is 5.71. The molecule has 0 saturated carbocycles. The van der Waals surface area contributed by atoms with Gasteiger partial charge >= 0.3 is 17.6 Å². The average molecular weight is 416 g/mol. The Bertz CT molecular complexity index is 779. The minimum Gasteiger partial charge on any atom is -0.569 e. The van der Waals surface area contributed by atoms with E-state index in [9.17, 15) is 24.9 Å². The monoisotopic (exact) mass is 416 g/mol. The van der Waals surface area contributed by atoms with E-state index in [2.05, 4.69) is 5.28 Å². The van der Waals surface area contributed by atoms with Crippen molar-refractivity contribution in [1.82, 2.24) is 5.01 Å². The number of rotatable bonds is 13. The Morgan fingerprint density at radius 1 is 1.10 bits per heavy atom. The van der Waals surface area contributed by atoms with Crippen molar-refractivity contribution in [3.63, 3.8) is 0 Å². The van der Waals surface area contributed by atoms with Crippen molar-refractivity contribution in [3.8, 4) is 11.5 Å². The summed E-state index contributed by atoms with van der Waals surface area (Å²) in [5.74, 6) is -3.69. The third-order valence-electron chi connectivity index (χ3n) is 3.37. The van der Waals surface area contributed by atoms with Gasteiger partial charge in [0.05, 0.1) is 28.5 Å². The molecule has 0 aromatic heterocycles. The van der Waals surface area contributed by atoms with Crippen molar-refractivity contribution in [3.05, 3.63) is 33.0 Å². The van der Waals surface area contributed by atoms with Gasteiger partial charge in [0.25, 0.3) is 0 Å². The van der Waals surface area contributed by atoms with E-state index in [0.29, 0.717) is 13.1 Å². The molecule has 0 aliphatic rings. The number of ether oxygens (including phenoxy) is 2. The van der Waals surface area contributed by atoms with Crippen LogP contribution in [0.15, 0.2) is 17.4 Å². The summed E-state index contributed by atoms with van der Waals surface area (Å²) in [5, 5.41) is 45.3. The third-order valence-corrected chi connectivity index (χ3v) is 3.37. The van der Waals surface area contributed by atoms with E-state index in [0.717, 1.165) is 6.07 Å². The number of carboxylic acid groups (broad SMARTS) is 2. The molecule has 1 rings (SSSR count). The molecule has 0 radical (unpaired) electrons. The Kier molecular flexibility index (Phi) is 8.88. The number of hydrazine groups is 1. The molecule has 0 atom stereocenters. The maximum atomic E-state index is 11.7. The van der Waals surface area contributed by atoms with E-state index >= 15 is 0 Å². The van der Waals surface area contributed by atoms with E-state index in [1.54, 1.807) is 13.8 Å². The number of benzene rings is 1. The van der Waals surface area contributed by atoms with Crippen molar-refractivity contribution < 1.29 is 44.0 Å². The van der Waals surface area contributed by atoms with Crippen LogP contribution in [-0.2, 0) is 21.0 Å². The zero-order valence-corrected chi connectivity index (χ0v) is 15.6. The van der Waals surface area contributed by atoms with Crippen molar-refractivity contribution >= 4 is 17.6 Å². The molecular weight excluding hydrogens is 396 g/mol. The SMILES string of the molecule is CCN(CC)[N+]([O-])=NOCc1ccc(OCC(=O)O)c(OCC(=O)O)c1[N+](=O)[O-]. The van der Waals surface area contributed by atoms with Gasteiger partial charge < -0.3 is 29.7 Å². The predicted molar refractivity (Wildman–Crippen MR) is 93.1 cm³/mol. The molecule has 0 spiro atoms. The van der Waals surface area contributed by atoms with Crippen LogP contribution in [0, 0.1) is 15.3 Å². The molecule has 14 nitrogen and oxygen atoms in total. The second kappa shape index (κ2) is 11.1. The van der Waals surface area contributed by atoms with Crippen LogP contribution in [0.2, 0.25) is 0 Å². The summed E-state index contributed by atoms with van der Waals surface area (Å²) in [7, 11) is 0. The fraction of sp³-hybridized carbons (Fsp3) is 0.467. The second-order valence-electron chi connectivity index (χ2n) is 5.27. The predicted octanol–water partition coefficient (Wildman–Crippen LogP) is 1.17. The summed E-state index contributed by atoms with van der Waals surface area (Å²) in [5.41, 5.74) is -0.806. The van der Waals surface area contributed by atoms with Gasteiger partial charge in [-0.2, -0.15) is 0 Å². The van der Waals surface area contributed by atoms with Crippen LogP contribution in [0.4, 0.5) is 5.69 Å². The molecule has 14 heteroatoms. The highest BCUT2D eigenvalue weighted by atomic mass is 16.7. The Hall–Kier alpha value is -3.84. The Balaban J connectivity index is 3.21. The van der Waals surface area contributed by atoms with Crippen LogP contribution in [0.1, 0.15) is 19.4 Å². The summed E-state index contributed by atoms with van der Waals surface area (Å²) in [6, 6.07) is 2.34. The fourth-order valence-corrected chi connectivity index (χ4v) is 2.10. The maximum Gasteiger partial charge on any atom is 0.341 e. The number of nitrogens with zero attached hydrogens (tertiary/aromatic N) is 4. The lowest BCUT2D eigenvalue weighted by atomic mass is 10.1. The highest BCUT2D eigenvalue weighted by Crippen LogP contribution is 2.40. The van der Waals surface area contributed by atoms with Gasteiger partial charge in [-0.3, -0.25) is 10.1 Å². The quantitative estimate of drug-likeness (QED) is 0.203.